The summed E-state index contributed by atoms with van der Waals surface area (Å²) in [7, 11) is 0. The Kier molecular flexibility index (Phi) is 5.12. The molecule has 1 aromatic heterocycles. The zero-order valence-electron chi connectivity index (χ0n) is 15.7. The van der Waals surface area contributed by atoms with Gasteiger partial charge >= 0.3 is 6.09 Å². The lowest BCUT2D eigenvalue weighted by molar-refractivity contribution is 0.195. The molecule has 5 heteroatoms. The Bertz CT molecular complexity index is 936. The molecule has 3 aromatic rings. The zero-order valence-corrected chi connectivity index (χ0v) is 15.7. The second kappa shape index (κ2) is 7.50. The molecule has 27 heavy (non-hydrogen) atoms. The largest absolute Gasteiger partial charge is 0.465 e. The van der Waals surface area contributed by atoms with Gasteiger partial charge in [0.15, 0.2) is 0 Å². The Morgan fingerprint density at radius 1 is 1.04 bits per heavy atom. The van der Waals surface area contributed by atoms with E-state index in [1.54, 1.807) is 0 Å². The van der Waals surface area contributed by atoms with Gasteiger partial charge in [-0.25, -0.2) is 4.79 Å². The lowest BCUT2D eigenvalue weighted by Gasteiger charge is -2.33. The first-order valence-electron chi connectivity index (χ1n) is 8.77. The first-order valence-corrected chi connectivity index (χ1v) is 8.77. The maximum absolute atomic E-state index is 11.6. The van der Waals surface area contributed by atoms with E-state index in [4.69, 9.17) is 0 Å². The average molecular weight is 361 g/mol. The highest BCUT2D eigenvalue weighted by Gasteiger charge is 2.27. The zero-order chi connectivity index (χ0) is 19.4. The van der Waals surface area contributed by atoms with Gasteiger partial charge in [-0.15, -0.1) is 0 Å². The maximum atomic E-state index is 11.6. The number of hydrogen-bond donors (Lipinski definition) is 2. The summed E-state index contributed by atoms with van der Waals surface area (Å²) in [6, 6.07) is 19.4. The van der Waals surface area contributed by atoms with Crippen LogP contribution in [0, 0.1) is 0 Å². The van der Waals surface area contributed by atoms with Gasteiger partial charge in [0.2, 0.25) is 0 Å². The van der Waals surface area contributed by atoms with Crippen molar-refractivity contribution in [3.63, 3.8) is 0 Å². The quantitative estimate of drug-likeness (QED) is 0.642. The van der Waals surface area contributed by atoms with Crippen molar-refractivity contribution in [2.75, 3.05) is 4.90 Å². The van der Waals surface area contributed by atoms with Crippen LogP contribution in [0.25, 0.3) is 23.4 Å². The normalized spacial score (nSPS) is 11.7. The van der Waals surface area contributed by atoms with E-state index in [0.29, 0.717) is 5.69 Å². The fourth-order valence-electron chi connectivity index (χ4n) is 2.89. The number of H-pyrrole nitrogens is 1. The Labute approximate surface area is 159 Å². The summed E-state index contributed by atoms with van der Waals surface area (Å²) in [5.74, 6) is 0. The Morgan fingerprint density at radius 3 is 2.30 bits per heavy atom. The van der Waals surface area contributed by atoms with Crippen molar-refractivity contribution in [3.05, 3.63) is 71.9 Å². The second-order valence-corrected chi connectivity index (χ2v) is 7.29. The third kappa shape index (κ3) is 4.44. The molecule has 0 saturated heterocycles. The number of nitrogens with one attached hydrogen (secondary N) is 1. The number of aromatic nitrogens is 2. The first-order chi connectivity index (χ1) is 12.8. The van der Waals surface area contributed by atoms with Crippen molar-refractivity contribution in [2.24, 2.45) is 0 Å². The van der Waals surface area contributed by atoms with Crippen LogP contribution in [-0.4, -0.2) is 26.9 Å². The molecule has 1 amide bonds. The fourth-order valence-corrected chi connectivity index (χ4v) is 2.89. The second-order valence-electron chi connectivity index (χ2n) is 7.29. The van der Waals surface area contributed by atoms with Gasteiger partial charge in [-0.05, 0) is 50.6 Å². The smallest absolute Gasteiger partial charge is 0.412 e. The first kappa shape index (κ1) is 18.5. The van der Waals surface area contributed by atoms with E-state index < -0.39 is 11.6 Å². The standard InChI is InChI=1S/C22H23N3O2/c1-22(2,3)25(21(26)27)19-13-10-17(11-14-19)20-15-18(23-24-20)12-9-16-7-5-4-6-8-16/h4-15H,1-3H3,(H,23,24)(H,26,27). The van der Waals surface area contributed by atoms with Gasteiger partial charge in [0.1, 0.15) is 0 Å². The van der Waals surface area contributed by atoms with Crippen LogP contribution in [0.3, 0.4) is 0 Å². The number of rotatable bonds is 4. The number of hydrogen-bond acceptors (Lipinski definition) is 2. The molecule has 0 aliphatic carbocycles. The molecule has 2 N–H and O–H groups in total. The number of benzene rings is 2. The van der Waals surface area contributed by atoms with Crippen molar-refractivity contribution in [1.29, 1.82) is 0 Å². The van der Waals surface area contributed by atoms with E-state index in [0.717, 1.165) is 22.5 Å². The molecule has 0 aliphatic rings. The number of aromatic amines is 1. The molecule has 0 spiro atoms. The molecule has 0 saturated carbocycles. The highest BCUT2D eigenvalue weighted by atomic mass is 16.4. The number of carbonyl (C=O) groups is 1. The summed E-state index contributed by atoms with van der Waals surface area (Å²) >= 11 is 0. The Hall–Kier alpha value is -3.34. The van der Waals surface area contributed by atoms with Crippen LogP contribution in [-0.2, 0) is 0 Å². The third-order valence-corrected chi connectivity index (χ3v) is 4.14. The molecule has 3 rings (SSSR count). The van der Waals surface area contributed by atoms with E-state index in [2.05, 4.69) is 10.2 Å². The average Bonchev–Trinajstić information content (AvgIpc) is 3.09. The molecule has 0 radical (unpaired) electrons. The molecular formula is C22H23N3O2. The summed E-state index contributed by atoms with van der Waals surface area (Å²) in [6.07, 6.45) is 3.03. The molecule has 0 aliphatic heterocycles. The van der Waals surface area contributed by atoms with Crippen LogP contribution >= 0.6 is 0 Å². The summed E-state index contributed by atoms with van der Waals surface area (Å²) in [5.41, 5.74) is 3.88. The minimum atomic E-state index is -0.969. The number of nitrogens with zero attached hydrogens (tertiary/aromatic N) is 2. The Morgan fingerprint density at radius 2 is 1.70 bits per heavy atom. The summed E-state index contributed by atoms with van der Waals surface area (Å²) in [6.45, 7) is 5.61. The number of amides is 1. The summed E-state index contributed by atoms with van der Waals surface area (Å²) in [5, 5.41) is 16.9. The monoisotopic (exact) mass is 361 g/mol. The molecule has 2 aromatic carbocycles. The van der Waals surface area contributed by atoms with Crippen LogP contribution < -0.4 is 4.90 Å². The van der Waals surface area contributed by atoms with Crippen LogP contribution in [0.1, 0.15) is 32.0 Å². The van der Waals surface area contributed by atoms with Gasteiger partial charge < -0.3 is 5.11 Å². The van der Waals surface area contributed by atoms with Gasteiger partial charge in [0.05, 0.1) is 11.4 Å². The topological polar surface area (TPSA) is 69.2 Å². The summed E-state index contributed by atoms with van der Waals surface area (Å²) < 4.78 is 0. The lowest BCUT2D eigenvalue weighted by atomic mass is 10.0. The van der Waals surface area contributed by atoms with Crippen molar-refractivity contribution in [1.82, 2.24) is 10.2 Å². The summed E-state index contributed by atoms with van der Waals surface area (Å²) in [4.78, 5) is 13.0. The van der Waals surface area contributed by atoms with Gasteiger partial charge in [0.25, 0.3) is 0 Å². The number of carboxylic acid groups (broad SMARTS) is 1. The van der Waals surface area contributed by atoms with Crippen molar-refractivity contribution >= 4 is 23.9 Å². The maximum Gasteiger partial charge on any atom is 0.412 e. The highest BCUT2D eigenvalue weighted by Crippen LogP contribution is 2.27. The van der Waals surface area contributed by atoms with Crippen LogP contribution in [0.4, 0.5) is 10.5 Å². The minimum absolute atomic E-state index is 0.519. The van der Waals surface area contributed by atoms with Crippen LogP contribution in [0.5, 0.6) is 0 Å². The van der Waals surface area contributed by atoms with E-state index in [1.165, 1.54) is 4.90 Å². The molecule has 5 nitrogen and oxygen atoms in total. The third-order valence-electron chi connectivity index (χ3n) is 4.14. The number of anilines is 1. The Balaban J connectivity index is 1.79. The van der Waals surface area contributed by atoms with Gasteiger partial charge in [-0.2, -0.15) is 5.10 Å². The van der Waals surface area contributed by atoms with Gasteiger partial charge in [-0.3, -0.25) is 10.00 Å². The fraction of sp³-hybridized carbons (Fsp3) is 0.182. The molecule has 0 fully saturated rings. The molecular weight excluding hydrogens is 338 g/mol. The van der Waals surface area contributed by atoms with E-state index in [9.17, 15) is 9.90 Å². The molecule has 138 valence electrons. The predicted octanol–water partition coefficient (Wildman–Crippen LogP) is 5.53. The molecule has 0 unspecified atom stereocenters. The van der Waals surface area contributed by atoms with Gasteiger partial charge in [0, 0.05) is 16.8 Å². The SMILES string of the molecule is CC(C)(C)N(C(=O)O)c1ccc(-c2cc(C=Cc3ccccc3)[nH]n2)cc1. The highest BCUT2D eigenvalue weighted by molar-refractivity contribution is 5.88. The molecule has 0 atom stereocenters. The van der Waals surface area contributed by atoms with E-state index in [1.807, 2.05) is 93.6 Å². The van der Waals surface area contributed by atoms with E-state index >= 15 is 0 Å². The van der Waals surface area contributed by atoms with Gasteiger partial charge in [-0.1, -0.05) is 48.5 Å². The van der Waals surface area contributed by atoms with Crippen molar-refractivity contribution < 1.29 is 9.90 Å². The lowest BCUT2D eigenvalue weighted by Crippen LogP contribution is -2.45. The van der Waals surface area contributed by atoms with E-state index in [-0.39, 0.29) is 0 Å². The van der Waals surface area contributed by atoms with Crippen LogP contribution in [0.15, 0.2) is 60.7 Å². The predicted molar refractivity (Wildman–Crippen MR) is 110 cm³/mol. The van der Waals surface area contributed by atoms with Crippen molar-refractivity contribution in [2.45, 2.75) is 26.3 Å². The van der Waals surface area contributed by atoms with Crippen molar-refractivity contribution in [3.8, 4) is 11.3 Å². The molecule has 0 bridgehead atoms. The minimum Gasteiger partial charge on any atom is -0.465 e. The van der Waals surface area contributed by atoms with Crippen LogP contribution in [0.2, 0.25) is 0 Å². The molecule has 1 heterocycles.